The molecular formula is C21H25ClN4O2. The summed E-state index contributed by atoms with van der Waals surface area (Å²) in [6, 6.07) is 9.39. The summed E-state index contributed by atoms with van der Waals surface area (Å²) in [6.45, 7) is 3.64. The molecule has 1 N–H and O–H groups in total. The fourth-order valence-electron chi connectivity index (χ4n) is 3.20. The molecule has 0 bridgehead atoms. The summed E-state index contributed by atoms with van der Waals surface area (Å²) >= 11 is 6.38. The summed E-state index contributed by atoms with van der Waals surface area (Å²) in [5.41, 5.74) is 2.32. The molecule has 1 aromatic carbocycles. The van der Waals surface area contributed by atoms with E-state index >= 15 is 0 Å². The van der Waals surface area contributed by atoms with Gasteiger partial charge in [-0.1, -0.05) is 23.7 Å². The topological polar surface area (TPSA) is 65.5 Å². The quantitative estimate of drug-likeness (QED) is 0.821. The minimum absolute atomic E-state index is 0.0111. The number of rotatable bonds is 5. The molecule has 0 atom stereocenters. The maximum absolute atomic E-state index is 12.6. The van der Waals surface area contributed by atoms with E-state index in [9.17, 15) is 9.59 Å². The average Bonchev–Trinajstić information content (AvgIpc) is 2.70. The van der Waals surface area contributed by atoms with Crippen molar-refractivity contribution in [2.24, 2.45) is 0 Å². The third-order valence-corrected chi connectivity index (χ3v) is 5.17. The van der Waals surface area contributed by atoms with E-state index in [1.807, 2.05) is 29.2 Å². The third-order valence-electron chi connectivity index (χ3n) is 4.88. The van der Waals surface area contributed by atoms with Gasteiger partial charge in [0.1, 0.15) is 5.82 Å². The smallest absolute Gasteiger partial charge is 0.255 e. The molecule has 148 valence electrons. The van der Waals surface area contributed by atoms with Crippen molar-refractivity contribution in [3.05, 3.63) is 52.7 Å². The lowest BCUT2D eigenvalue weighted by Gasteiger charge is -2.26. The highest BCUT2D eigenvalue weighted by Crippen LogP contribution is 2.25. The summed E-state index contributed by atoms with van der Waals surface area (Å²) < 4.78 is 0. The van der Waals surface area contributed by atoms with Crippen molar-refractivity contribution in [3.8, 4) is 0 Å². The van der Waals surface area contributed by atoms with Gasteiger partial charge >= 0.3 is 0 Å². The second-order valence-corrected chi connectivity index (χ2v) is 7.51. The molecule has 1 aliphatic heterocycles. The number of anilines is 2. The summed E-state index contributed by atoms with van der Waals surface area (Å²) in [7, 11) is 1.76. The van der Waals surface area contributed by atoms with Crippen LogP contribution in [0.4, 0.5) is 11.5 Å². The van der Waals surface area contributed by atoms with E-state index in [0.717, 1.165) is 37.2 Å². The molecule has 6 nitrogen and oxygen atoms in total. The van der Waals surface area contributed by atoms with Crippen LogP contribution in [0.3, 0.4) is 0 Å². The van der Waals surface area contributed by atoms with Crippen molar-refractivity contribution >= 4 is 34.9 Å². The molecule has 1 aliphatic rings. The van der Waals surface area contributed by atoms with Crippen molar-refractivity contribution in [2.45, 2.75) is 32.7 Å². The summed E-state index contributed by atoms with van der Waals surface area (Å²) in [5, 5.41) is 3.59. The standard InChI is InChI=1S/C21H25ClN4O2/c1-15(27)25(2)14-16-7-6-8-18(11-16)24-20-19(22)12-17(13-23-20)21(28)26-9-4-3-5-10-26/h6-8,11-13H,3-5,9-10,14H2,1-2H3,(H,23,24). The van der Waals surface area contributed by atoms with Gasteiger partial charge in [0.05, 0.1) is 10.6 Å². The number of pyridine rings is 1. The van der Waals surface area contributed by atoms with Crippen LogP contribution in [0, 0.1) is 0 Å². The molecule has 1 aromatic heterocycles. The molecule has 2 heterocycles. The normalized spacial score (nSPS) is 13.9. The second kappa shape index (κ2) is 9.06. The van der Waals surface area contributed by atoms with E-state index in [2.05, 4.69) is 10.3 Å². The lowest BCUT2D eigenvalue weighted by molar-refractivity contribution is -0.128. The van der Waals surface area contributed by atoms with Gasteiger partial charge in [-0.15, -0.1) is 0 Å². The SMILES string of the molecule is CC(=O)N(C)Cc1cccc(Nc2ncc(C(=O)N3CCCCC3)cc2Cl)c1. The van der Waals surface area contributed by atoms with Crippen LogP contribution in [0.1, 0.15) is 42.1 Å². The van der Waals surface area contributed by atoms with Crippen LogP contribution < -0.4 is 5.32 Å². The number of benzene rings is 1. The fraction of sp³-hybridized carbons (Fsp3) is 0.381. The highest BCUT2D eigenvalue weighted by atomic mass is 35.5. The number of nitrogens with one attached hydrogen (secondary N) is 1. The Kier molecular flexibility index (Phi) is 6.52. The zero-order valence-corrected chi connectivity index (χ0v) is 17.0. The number of piperidine rings is 1. The first-order chi connectivity index (χ1) is 13.4. The minimum Gasteiger partial charge on any atom is -0.342 e. The minimum atomic E-state index is -0.0186. The van der Waals surface area contributed by atoms with Gasteiger partial charge < -0.3 is 15.1 Å². The Bertz CT molecular complexity index is 865. The number of carbonyl (C=O) groups excluding carboxylic acids is 2. The zero-order chi connectivity index (χ0) is 20.1. The van der Waals surface area contributed by atoms with Crippen molar-refractivity contribution in [1.29, 1.82) is 0 Å². The van der Waals surface area contributed by atoms with Crippen molar-refractivity contribution in [2.75, 3.05) is 25.5 Å². The Morgan fingerprint density at radius 2 is 1.96 bits per heavy atom. The lowest BCUT2D eigenvalue weighted by atomic mass is 10.1. The van der Waals surface area contributed by atoms with Gasteiger partial charge in [-0.2, -0.15) is 0 Å². The Hall–Kier alpha value is -2.60. The number of carbonyl (C=O) groups is 2. The summed E-state index contributed by atoms with van der Waals surface area (Å²) in [6.07, 6.45) is 4.83. The predicted molar refractivity (Wildman–Crippen MR) is 111 cm³/mol. The average molecular weight is 401 g/mol. The summed E-state index contributed by atoms with van der Waals surface area (Å²) in [4.78, 5) is 31.9. The van der Waals surface area contributed by atoms with E-state index in [0.29, 0.717) is 22.9 Å². The number of amides is 2. The number of hydrogen-bond donors (Lipinski definition) is 1. The molecule has 0 spiro atoms. The molecule has 2 aromatic rings. The molecule has 1 fully saturated rings. The molecule has 1 saturated heterocycles. The van der Waals surface area contributed by atoms with Gasteiger partial charge in [0.15, 0.2) is 0 Å². The highest BCUT2D eigenvalue weighted by Gasteiger charge is 2.19. The Labute approximate surface area is 170 Å². The largest absolute Gasteiger partial charge is 0.342 e. The van der Waals surface area contributed by atoms with E-state index < -0.39 is 0 Å². The molecule has 28 heavy (non-hydrogen) atoms. The molecule has 0 unspecified atom stereocenters. The fourth-order valence-corrected chi connectivity index (χ4v) is 3.41. The lowest BCUT2D eigenvalue weighted by Crippen LogP contribution is -2.35. The maximum atomic E-state index is 12.6. The van der Waals surface area contributed by atoms with Crippen LogP contribution in [0.2, 0.25) is 5.02 Å². The first-order valence-corrected chi connectivity index (χ1v) is 9.84. The van der Waals surface area contributed by atoms with Crippen molar-refractivity contribution in [1.82, 2.24) is 14.8 Å². The van der Waals surface area contributed by atoms with Crippen LogP contribution in [0.25, 0.3) is 0 Å². The highest BCUT2D eigenvalue weighted by molar-refractivity contribution is 6.33. The number of likely N-dealkylation sites (tertiary alicyclic amines) is 1. The van der Waals surface area contributed by atoms with Gasteiger partial charge in [0, 0.05) is 45.5 Å². The molecule has 7 heteroatoms. The van der Waals surface area contributed by atoms with Gasteiger partial charge in [0.25, 0.3) is 5.91 Å². The number of aromatic nitrogens is 1. The van der Waals surface area contributed by atoms with Crippen molar-refractivity contribution < 1.29 is 9.59 Å². The van der Waals surface area contributed by atoms with Gasteiger partial charge in [-0.05, 0) is 43.0 Å². The second-order valence-electron chi connectivity index (χ2n) is 7.11. The monoisotopic (exact) mass is 400 g/mol. The number of nitrogens with zero attached hydrogens (tertiary/aromatic N) is 3. The van der Waals surface area contributed by atoms with Gasteiger partial charge in [-0.25, -0.2) is 4.98 Å². The Morgan fingerprint density at radius 3 is 2.64 bits per heavy atom. The van der Waals surface area contributed by atoms with E-state index in [1.165, 1.54) is 6.42 Å². The van der Waals surface area contributed by atoms with Crippen molar-refractivity contribution in [3.63, 3.8) is 0 Å². The predicted octanol–water partition coefficient (Wildman–Crippen LogP) is 4.08. The number of hydrogen-bond acceptors (Lipinski definition) is 4. The molecule has 0 aliphatic carbocycles. The van der Waals surface area contributed by atoms with Crippen LogP contribution in [0.15, 0.2) is 36.5 Å². The molecule has 2 amide bonds. The molecule has 0 radical (unpaired) electrons. The molecule has 0 saturated carbocycles. The number of halogens is 1. The first-order valence-electron chi connectivity index (χ1n) is 9.46. The van der Waals surface area contributed by atoms with Gasteiger partial charge in [-0.3, -0.25) is 9.59 Å². The Balaban J connectivity index is 1.71. The van der Waals surface area contributed by atoms with Crippen LogP contribution in [-0.4, -0.2) is 46.7 Å². The molecule has 3 rings (SSSR count). The summed E-state index contributed by atoms with van der Waals surface area (Å²) in [5.74, 6) is 0.487. The van der Waals surface area contributed by atoms with E-state index in [-0.39, 0.29) is 11.8 Å². The van der Waals surface area contributed by atoms with E-state index in [1.54, 1.807) is 31.1 Å². The van der Waals surface area contributed by atoms with Gasteiger partial charge in [0.2, 0.25) is 5.91 Å². The Morgan fingerprint density at radius 1 is 1.21 bits per heavy atom. The maximum Gasteiger partial charge on any atom is 0.255 e. The zero-order valence-electron chi connectivity index (χ0n) is 16.2. The van der Waals surface area contributed by atoms with Crippen LogP contribution >= 0.6 is 11.6 Å². The van der Waals surface area contributed by atoms with Crippen LogP contribution in [-0.2, 0) is 11.3 Å². The van der Waals surface area contributed by atoms with Crippen LogP contribution in [0.5, 0.6) is 0 Å². The first kappa shape index (κ1) is 20.1. The van der Waals surface area contributed by atoms with E-state index in [4.69, 9.17) is 11.6 Å². The third kappa shape index (κ3) is 5.01. The molecular weight excluding hydrogens is 376 g/mol.